The van der Waals surface area contributed by atoms with E-state index in [0.717, 1.165) is 16.8 Å². The molecular weight excluding hydrogens is 409 g/mol. The maximum absolute atomic E-state index is 12.8. The van der Waals surface area contributed by atoms with Crippen LogP contribution in [0.25, 0.3) is 0 Å². The van der Waals surface area contributed by atoms with Crippen molar-refractivity contribution in [1.82, 2.24) is 5.32 Å². The largest absolute Gasteiger partial charge is 0.468 e. The fraction of sp³-hybridized carbons (Fsp3) is 0.364. The lowest BCUT2D eigenvalue weighted by molar-refractivity contribution is -0.128. The van der Waals surface area contributed by atoms with E-state index in [1.54, 1.807) is 19.1 Å². The molecule has 2 aromatic rings. The Balaban J connectivity index is 0.000000804. The Hall–Kier alpha value is -2.64. The smallest absolute Gasteiger partial charge is 0.293 e. The number of halogens is 2. The first-order valence-electron chi connectivity index (χ1n) is 9.71. The highest BCUT2D eigenvalue weighted by Gasteiger charge is 2.13. The van der Waals surface area contributed by atoms with Crippen molar-refractivity contribution in [3.63, 3.8) is 0 Å². The van der Waals surface area contributed by atoms with Gasteiger partial charge < -0.3 is 21.1 Å². The van der Waals surface area contributed by atoms with Crippen LogP contribution in [0.2, 0.25) is 0 Å². The van der Waals surface area contributed by atoms with Crippen molar-refractivity contribution in [2.24, 2.45) is 5.73 Å². The van der Waals surface area contributed by atoms with Gasteiger partial charge in [-0.2, -0.15) is 0 Å². The summed E-state index contributed by atoms with van der Waals surface area (Å²) >= 11 is 5.63. The third-order valence-corrected chi connectivity index (χ3v) is 4.22. The first kappa shape index (κ1) is 25.4. The van der Waals surface area contributed by atoms with Crippen LogP contribution in [0.1, 0.15) is 18.1 Å². The van der Waals surface area contributed by atoms with Crippen molar-refractivity contribution < 1.29 is 18.7 Å². The minimum atomic E-state index is -0.602. The van der Waals surface area contributed by atoms with Crippen LogP contribution in [-0.4, -0.2) is 44.0 Å². The number of amides is 1. The van der Waals surface area contributed by atoms with Crippen molar-refractivity contribution in [2.45, 2.75) is 25.8 Å². The molecule has 0 saturated heterocycles. The van der Waals surface area contributed by atoms with E-state index in [2.05, 4.69) is 15.4 Å². The number of alkyl halides is 1. The van der Waals surface area contributed by atoms with Crippen LogP contribution in [0.3, 0.4) is 0 Å². The Morgan fingerprint density at radius 3 is 2.30 bits per heavy atom. The van der Waals surface area contributed by atoms with Gasteiger partial charge in [0, 0.05) is 24.7 Å². The van der Waals surface area contributed by atoms with Gasteiger partial charge in [-0.1, -0.05) is 24.3 Å². The Kier molecular flexibility index (Phi) is 12.9. The summed E-state index contributed by atoms with van der Waals surface area (Å²) < 4.78 is 17.0. The number of benzene rings is 2. The van der Waals surface area contributed by atoms with E-state index in [9.17, 15) is 14.0 Å². The normalized spacial score (nSPS) is 10.9. The summed E-state index contributed by atoms with van der Waals surface area (Å²) in [6.07, 6.45) is 1.11. The molecule has 1 amide bonds. The second-order valence-electron chi connectivity index (χ2n) is 6.34. The zero-order valence-electron chi connectivity index (χ0n) is 17.1. The number of nitrogens with one attached hydrogen (secondary N) is 2. The minimum Gasteiger partial charge on any atom is -0.468 e. The number of hydrogen-bond acceptors (Lipinski definition) is 5. The number of carbonyl (C=O) groups excluding carboxylic acids is 2. The number of rotatable bonds is 11. The Morgan fingerprint density at radius 1 is 1.13 bits per heavy atom. The Labute approximate surface area is 181 Å². The fourth-order valence-corrected chi connectivity index (χ4v) is 2.57. The van der Waals surface area contributed by atoms with E-state index in [1.165, 1.54) is 12.1 Å². The van der Waals surface area contributed by atoms with Crippen molar-refractivity contribution in [3.05, 3.63) is 65.5 Å². The van der Waals surface area contributed by atoms with Gasteiger partial charge in [-0.25, -0.2) is 4.39 Å². The molecule has 0 heterocycles. The maximum Gasteiger partial charge on any atom is 0.293 e. The molecule has 0 fully saturated rings. The third-order valence-electron chi connectivity index (χ3n) is 4.03. The van der Waals surface area contributed by atoms with Gasteiger partial charge in [-0.05, 0) is 55.2 Å². The molecule has 0 aliphatic rings. The van der Waals surface area contributed by atoms with Crippen LogP contribution >= 0.6 is 11.6 Å². The Bertz CT molecular complexity index is 742. The first-order chi connectivity index (χ1) is 14.5. The van der Waals surface area contributed by atoms with E-state index in [0.29, 0.717) is 44.9 Å². The number of anilines is 1. The molecular formula is C22H29ClFN3O3. The predicted molar refractivity (Wildman–Crippen MR) is 118 cm³/mol. The zero-order valence-corrected chi connectivity index (χ0v) is 17.8. The average molecular weight is 438 g/mol. The molecule has 0 aromatic heterocycles. The predicted octanol–water partition coefficient (Wildman–Crippen LogP) is 2.88. The molecule has 0 radical (unpaired) electrons. The summed E-state index contributed by atoms with van der Waals surface area (Å²) in [4.78, 5) is 21.3. The van der Waals surface area contributed by atoms with E-state index in [1.807, 2.05) is 24.3 Å². The standard InChI is InChI=1S/C19H23ClFN3O.C3H6O2/c20-10-12-23-17-7-3-15(4-8-17)13-18(22)19(25)24-11-9-14-1-5-16(21)6-2-14;1-2-5-3-4/h1-8,18,23H,9-13,22H2,(H,24,25);3H,2H2,1H3/t18-;/m0./s1. The molecule has 0 spiro atoms. The number of carbonyl (C=O) groups is 2. The summed E-state index contributed by atoms with van der Waals surface area (Å²) in [7, 11) is 0. The molecule has 0 saturated carbocycles. The van der Waals surface area contributed by atoms with Gasteiger partial charge in [0.2, 0.25) is 5.91 Å². The summed E-state index contributed by atoms with van der Waals surface area (Å²) in [5.41, 5.74) is 8.93. The lowest BCUT2D eigenvalue weighted by Gasteiger charge is -2.13. The monoisotopic (exact) mass is 437 g/mol. The van der Waals surface area contributed by atoms with Crippen LogP contribution in [-0.2, 0) is 27.2 Å². The molecule has 0 aliphatic heterocycles. The minimum absolute atomic E-state index is 0.188. The summed E-state index contributed by atoms with van der Waals surface area (Å²) in [5.74, 6) is 0.0928. The average Bonchev–Trinajstić information content (AvgIpc) is 2.75. The van der Waals surface area contributed by atoms with Gasteiger partial charge in [0.1, 0.15) is 5.82 Å². The number of hydrogen-bond donors (Lipinski definition) is 3. The molecule has 6 nitrogen and oxygen atoms in total. The second kappa shape index (κ2) is 15.2. The van der Waals surface area contributed by atoms with Crippen LogP contribution < -0.4 is 16.4 Å². The SMILES string of the molecule is CCOC=O.N[C@@H](Cc1ccc(NCCCl)cc1)C(=O)NCCc1ccc(F)cc1. The molecule has 0 unspecified atom stereocenters. The maximum atomic E-state index is 12.8. The molecule has 8 heteroatoms. The number of nitrogens with two attached hydrogens (primary N) is 1. The molecule has 4 N–H and O–H groups in total. The van der Waals surface area contributed by atoms with Crippen LogP contribution in [0.4, 0.5) is 10.1 Å². The van der Waals surface area contributed by atoms with Crippen molar-refractivity contribution in [2.75, 3.05) is 30.9 Å². The van der Waals surface area contributed by atoms with Crippen LogP contribution in [0.15, 0.2) is 48.5 Å². The van der Waals surface area contributed by atoms with Gasteiger partial charge in [0.25, 0.3) is 6.47 Å². The van der Waals surface area contributed by atoms with E-state index < -0.39 is 6.04 Å². The topological polar surface area (TPSA) is 93.4 Å². The van der Waals surface area contributed by atoms with E-state index in [4.69, 9.17) is 17.3 Å². The highest BCUT2D eigenvalue weighted by Crippen LogP contribution is 2.11. The summed E-state index contributed by atoms with van der Waals surface area (Å²) in [6, 6.07) is 13.4. The van der Waals surface area contributed by atoms with E-state index >= 15 is 0 Å². The lowest BCUT2D eigenvalue weighted by atomic mass is 10.1. The molecule has 30 heavy (non-hydrogen) atoms. The molecule has 1 atom stereocenters. The molecule has 0 bridgehead atoms. The quantitative estimate of drug-likeness (QED) is 0.371. The van der Waals surface area contributed by atoms with Gasteiger partial charge in [0.05, 0.1) is 12.6 Å². The zero-order chi connectivity index (χ0) is 22.2. The van der Waals surface area contributed by atoms with Gasteiger partial charge >= 0.3 is 0 Å². The molecule has 2 aromatic carbocycles. The number of ether oxygens (including phenoxy) is 1. The van der Waals surface area contributed by atoms with Gasteiger partial charge in [-0.15, -0.1) is 11.6 Å². The van der Waals surface area contributed by atoms with E-state index in [-0.39, 0.29) is 11.7 Å². The van der Waals surface area contributed by atoms with Crippen LogP contribution in [0, 0.1) is 5.82 Å². The Morgan fingerprint density at radius 2 is 1.77 bits per heavy atom. The molecule has 0 aliphatic carbocycles. The fourth-order valence-electron chi connectivity index (χ4n) is 2.48. The highest BCUT2D eigenvalue weighted by molar-refractivity contribution is 6.18. The lowest BCUT2D eigenvalue weighted by Crippen LogP contribution is -2.42. The first-order valence-corrected chi connectivity index (χ1v) is 10.2. The van der Waals surface area contributed by atoms with Crippen molar-refractivity contribution >= 4 is 29.7 Å². The van der Waals surface area contributed by atoms with Gasteiger partial charge in [-0.3, -0.25) is 9.59 Å². The highest BCUT2D eigenvalue weighted by atomic mass is 35.5. The molecule has 164 valence electrons. The second-order valence-corrected chi connectivity index (χ2v) is 6.72. The summed E-state index contributed by atoms with van der Waals surface area (Å²) in [6.45, 7) is 3.84. The summed E-state index contributed by atoms with van der Waals surface area (Å²) in [5, 5.41) is 6.00. The van der Waals surface area contributed by atoms with Crippen LogP contribution in [0.5, 0.6) is 0 Å². The van der Waals surface area contributed by atoms with Crippen molar-refractivity contribution in [1.29, 1.82) is 0 Å². The molecule has 2 rings (SSSR count). The van der Waals surface area contributed by atoms with Gasteiger partial charge in [0.15, 0.2) is 0 Å². The van der Waals surface area contributed by atoms with Crippen molar-refractivity contribution in [3.8, 4) is 0 Å². The third kappa shape index (κ3) is 10.8.